The molecule has 2 rings (SSSR count). The Hall–Kier alpha value is -2.15. The molecule has 0 atom stereocenters. The van der Waals surface area contributed by atoms with E-state index in [1.54, 1.807) is 24.3 Å². The zero-order chi connectivity index (χ0) is 14.6. The molecule has 0 heterocycles. The lowest BCUT2D eigenvalue weighted by molar-refractivity contribution is -0.274. The Kier molecular flexibility index (Phi) is 4.19. The Morgan fingerprint density at radius 1 is 0.800 bits per heavy atom. The van der Waals surface area contributed by atoms with Crippen molar-refractivity contribution in [2.75, 3.05) is 0 Å². The van der Waals surface area contributed by atoms with Gasteiger partial charge in [-0.25, -0.2) is 0 Å². The van der Waals surface area contributed by atoms with Crippen LogP contribution in [0.1, 0.15) is 0 Å². The molecule has 0 fully saturated rings. The maximum absolute atomic E-state index is 12.0. The van der Waals surface area contributed by atoms with Gasteiger partial charge in [0.25, 0.3) is 0 Å². The van der Waals surface area contributed by atoms with E-state index in [0.717, 1.165) is 7.48 Å². The molecule has 0 aliphatic rings. The molecule has 7 heteroatoms. The van der Waals surface area contributed by atoms with Gasteiger partial charge in [-0.3, -0.25) is 0 Å². The summed E-state index contributed by atoms with van der Waals surface area (Å²) in [5, 5.41) is 8.77. The van der Waals surface area contributed by atoms with Crippen LogP contribution in [0, 0.1) is 0 Å². The fraction of sp³-hybridized carbons (Fsp3) is 0.0769. The predicted molar refractivity (Wildman–Crippen MR) is 67.2 cm³/mol. The van der Waals surface area contributed by atoms with Crippen molar-refractivity contribution < 1.29 is 27.7 Å². The maximum Gasteiger partial charge on any atom is 0.573 e. The Labute approximate surface area is 113 Å². The highest BCUT2D eigenvalue weighted by atomic mass is 19.4. The van der Waals surface area contributed by atoms with Crippen molar-refractivity contribution in [2.45, 2.75) is 6.36 Å². The molecule has 0 aliphatic heterocycles. The van der Waals surface area contributed by atoms with Gasteiger partial charge in [-0.1, -0.05) is 17.6 Å². The first-order valence-corrected chi connectivity index (χ1v) is 5.57. The second-order valence-electron chi connectivity index (χ2n) is 3.82. The molecule has 0 spiro atoms. The molecule has 0 unspecified atom stereocenters. The van der Waals surface area contributed by atoms with Crippen LogP contribution in [0.15, 0.2) is 48.5 Å². The highest BCUT2D eigenvalue weighted by Crippen LogP contribution is 2.26. The molecular formula is C13H9BF3O3. The summed E-state index contributed by atoms with van der Waals surface area (Å²) in [6.07, 6.45) is -4.71. The van der Waals surface area contributed by atoms with Crippen LogP contribution in [0.4, 0.5) is 13.2 Å². The highest BCUT2D eigenvalue weighted by molar-refractivity contribution is 6.45. The molecule has 0 aliphatic carbocycles. The smallest absolute Gasteiger partial charge is 0.457 e. The fourth-order valence-electron chi connectivity index (χ4n) is 1.47. The molecule has 103 valence electrons. The molecule has 1 radical (unpaired) electrons. The summed E-state index contributed by atoms with van der Waals surface area (Å²) in [5.74, 6) is 0.565. The lowest BCUT2D eigenvalue weighted by Crippen LogP contribution is -2.16. The average molecular weight is 281 g/mol. The van der Waals surface area contributed by atoms with E-state index in [4.69, 9.17) is 9.76 Å². The fourth-order valence-corrected chi connectivity index (χ4v) is 1.47. The molecule has 0 amide bonds. The van der Waals surface area contributed by atoms with Crippen molar-refractivity contribution in [3.8, 4) is 17.2 Å². The Bertz CT molecular complexity index is 553. The van der Waals surface area contributed by atoms with Crippen molar-refractivity contribution in [3.63, 3.8) is 0 Å². The minimum atomic E-state index is -4.71. The summed E-state index contributed by atoms with van der Waals surface area (Å²) >= 11 is 0. The van der Waals surface area contributed by atoms with E-state index in [1.807, 2.05) is 0 Å². The van der Waals surface area contributed by atoms with Gasteiger partial charge in [0, 0.05) is 0 Å². The van der Waals surface area contributed by atoms with E-state index in [2.05, 4.69) is 4.74 Å². The molecule has 0 saturated heterocycles. The quantitative estimate of drug-likeness (QED) is 0.875. The molecule has 1 N–H and O–H groups in total. The van der Waals surface area contributed by atoms with Crippen LogP contribution in [-0.2, 0) is 0 Å². The van der Waals surface area contributed by atoms with Gasteiger partial charge in [-0.15, -0.1) is 13.2 Å². The number of hydrogen-bond donors (Lipinski definition) is 1. The minimum absolute atomic E-state index is 0.310. The van der Waals surface area contributed by atoms with Gasteiger partial charge < -0.3 is 14.5 Å². The second kappa shape index (κ2) is 5.87. The Balaban J connectivity index is 2.02. The number of benzene rings is 2. The molecule has 2 aromatic rings. The molecule has 0 aromatic heterocycles. The number of hydrogen-bond acceptors (Lipinski definition) is 3. The van der Waals surface area contributed by atoms with Crippen molar-refractivity contribution in [1.29, 1.82) is 0 Å². The number of rotatable bonds is 4. The summed E-state index contributed by atoms with van der Waals surface area (Å²) in [6.45, 7) is 0. The van der Waals surface area contributed by atoms with E-state index in [9.17, 15) is 13.2 Å². The van der Waals surface area contributed by atoms with E-state index >= 15 is 0 Å². The van der Waals surface area contributed by atoms with Gasteiger partial charge in [-0.05, 0) is 36.4 Å². The van der Waals surface area contributed by atoms with Crippen LogP contribution in [-0.4, -0.2) is 18.9 Å². The molecule has 2 aromatic carbocycles. The van der Waals surface area contributed by atoms with Crippen molar-refractivity contribution in [2.24, 2.45) is 0 Å². The zero-order valence-corrected chi connectivity index (χ0v) is 10.1. The van der Waals surface area contributed by atoms with Crippen molar-refractivity contribution in [1.82, 2.24) is 0 Å². The monoisotopic (exact) mass is 281 g/mol. The van der Waals surface area contributed by atoms with Gasteiger partial charge in [0.15, 0.2) is 0 Å². The zero-order valence-electron chi connectivity index (χ0n) is 10.1. The van der Waals surface area contributed by atoms with E-state index in [1.165, 1.54) is 24.3 Å². The lowest BCUT2D eigenvalue weighted by atomic mass is 9.89. The normalized spacial score (nSPS) is 11.0. The van der Waals surface area contributed by atoms with Crippen LogP contribution in [0.3, 0.4) is 0 Å². The van der Waals surface area contributed by atoms with Gasteiger partial charge in [0.05, 0.1) is 0 Å². The van der Waals surface area contributed by atoms with Gasteiger partial charge in [0.1, 0.15) is 17.2 Å². The van der Waals surface area contributed by atoms with Gasteiger partial charge >= 0.3 is 13.8 Å². The molecule has 0 saturated carbocycles. The van der Waals surface area contributed by atoms with Crippen LogP contribution >= 0.6 is 0 Å². The summed E-state index contributed by atoms with van der Waals surface area (Å²) in [6, 6.07) is 11.6. The third-order valence-electron chi connectivity index (χ3n) is 2.32. The van der Waals surface area contributed by atoms with Gasteiger partial charge in [0.2, 0.25) is 0 Å². The first kappa shape index (κ1) is 14.3. The van der Waals surface area contributed by atoms with E-state index in [-0.39, 0.29) is 5.75 Å². The summed E-state index contributed by atoms with van der Waals surface area (Å²) < 4.78 is 45.1. The lowest BCUT2D eigenvalue weighted by Gasteiger charge is -2.10. The SMILES string of the molecule is O[B]c1ccc(Oc2ccc(OC(F)(F)F)cc2)cc1. The van der Waals surface area contributed by atoms with E-state index in [0.29, 0.717) is 17.0 Å². The van der Waals surface area contributed by atoms with Crippen LogP contribution in [0.5, 0.6) is 17.2 Å². The van der Waals surface area contributed by atoms with Crippen molar-refractivity contribution in [3.05, 3.63) is 48.5 Å². The third-order valence-corrected chi connectivity index (χ3v) is 2.32. The predicted octanol–water partition coefficient (Wildman–Crippen LogP) is 2.61. The third kappa shape index (κ3) is 4.20. The van der Waals surface area contributed by atoms with Gasteiger partial charge in [-0.2, -0.15) is 0 Å². The Morgan fingerprint density at radius 2 is 1.25 bits per heavy atom. The van der Waals surface area contributed by atoms with E-state index < -0.39 is 6.36 Å². The molecular weight excluding hydrogens is 272 g/mol. The standard InChI is InChI=1S/C13H9BF3O3/c15-13(16,17)20-12-7-5-11(6-8-12)19-10-3-1-9(14-18)2-4-10/h1-8,18H. The Morgan fingerprint density at radius 3 is 1.70 bits per heavy atom. The number of ether oxygens (including phenoxy) is 2. The first-order chi connectivity index (χ1) is 9.46. The average Bonchev–Trinajstić information content (AvgIpc) is 2.40. The van der Waals surface area contributed by atoms with Crippen LogP contribution in [0.2, 0.25) is 0 Å². The molecule has 20 heavy (non-hydrogen) atoms. The number of halogens is 3. The summed E-state index contributed by atoms with van der Waals surface area (Å²) in [7, 11) is 0.951. The highest BCUT2D eigenvalue weighted by Gasteiger charge is 2.30. The van der Waals surface area contributed by atoms with Crippen molar-refractivity contribution >= 4 is 12.9 Å². The first-order valence-electron chi connectivity index (χ1n) is 5.57. The van der Waals surface area contributed by atoms with Crippen LogP contribution < -0.4 is 14.9 Å². The maximum atomic E-state index is 12.0. The van der Waals surface area contributed by atoms with Crippen LogP contribution in [0.25, 0.3) is 0 Å². The summed E-state index contributed by atoms with van der Waals surface area (Å²) in [4.78, 5) is 0. The largest absolute Gasteiger partial charge is 0.573 e. The summed E-state index contributed by atoms with van der Waals surface area (Å²) in [5.41, 5.74) is 0.617. The second-order valence-corrected chi connectivity index (χ2v) is 3.82. The minimum Gasteiger partial charge on any atom is -0.457 e. The molecule has 3 nitrogen and oxygen atoms in total. The number of alkyl halides is 3. The topological polar surface area (TPSA) is 38.7 Å². The molecule has 0 bridgehead atoms.